The Morgan fingerprint density at radius 1 is 1.39 bits per heavy atom. The summed E-state index contributed by atoms with van der Waals surface area (Å²) in [6.07, 6.45) is -2.50. The Bertz CT molecular complexity index is 620. The monoisotopic (exact) mass is 325 g/mol. The van der Waals surface area contributed by atoms with E-state index in [9.17, 15) is 15.0 Å². The lowest BCUT2D eigenvalue weighted by Gasteiger charge is -2.17. The van der Waals surface area contributed by atoms with Gasteiger partial charge in [-0.25, -0.2) is 4.98 Å². The number of aliphatic hydroxyl groups is 4. The van der Waals surface area contributed by atoms with Gasteiger partial charge in [0.15, 0.2) is 11.9 Å². The molecule has 4 atom stereocenters. The Balaban J connectivity index is 2.34. The van der Waals surface area contributed by atoms with Crippen LogP contribution in [-0.2, 0) is 4.74 Å². The van der Waals surface area contributed by atoms with Gasteiger partial charge < -0.3 is 30.9 Å². The lowest BCUT2D eigenvalue weighted by atomic mass is 10.1. The Hall–Kier alpha value is -1.96. The summed E-state index contributed by atoms with van der Waals surface area (Å²) in [5.41, 5.74) is 5.32. The van der Waals surface area contributed by atoms with Crippen molar-refractivity contribution in [2.45, 2.75) is 37.4 Å². The van der Waals surface area contributed by atoms with Gasteiger partial charge in [-0.1, -0.05) is 5.92 Å². The second kappa shape index (κ2) is 7.54. The molecule has 1 aromatic heterocycles. The molecule has 0 aromatic carbocycles. The van der Waals surface area contributed by atoms with E-state index in [0.29, 0.717) is 12.8 Å². The maximum absolute atomic E-state index is 11.5. The zero-order valence-corrected chi connectivity index (χ0v) is 12.3. The van der Waals surface area contributed by atoms with Crippen molar-refractivity contribution in [3.8, 4) is 11.8 Å². The number of nitrogens with two attached hydrogens (primary N) is 1. The second-order valence-corrected chi connectivity index (χ2v) is 5.07. The van der Waals surface area contributed by atoms with E-state index < -0.39 is 37.1 Å². The van der Waals surface area contributed by atoms with E-state index in [1.165, 1.54) is 10.9 Å². The molecular formula is C14H19N3O6. The minimum absolute atomic E-state index is 0.00849. The fourth-order valence-electron chi connectivity index (χ4n) is 2.28. The first-order chi connectivity index (χ1) is 11.0. The number of rotatable bonds is 5. The molecule has 1 saturated heterocycles. The van der Waals surface area contributed by atoms with Gasteiger partial charge in [0.1, 0.15) is 24.0 Å². The molecule has 0 aliphatic carbocycles. The number of imidazole rings is 1. The van der Waals surface area contributed by atoms with Crippen LogP contribution in [0.15, 0.2) is 6.33 Å². The summed E-state index contributed by atoms with van der Waals surface area (Å²) in [6.45, 7) is -0.477. The van der Waals surface area contributed by atoms with Crippen LogP contribution in [0, 0.1) is 11.8 Å². The van der Waals surface area contributed by atoms with Gasteiger partial charge in [-0.3, -0.25) is 9.36 Å². The van der Waals surface area contributed by atoms with Crippen LogP contribution in [-0.4, -0.2) is 67.4 Å². The molecule has 1 aromatic rings. The minimum Gasteiger partial charge on any atom is -0.396 e. The van der Waals surface area contributed by atoms with Crippen molar-refractivity contribution in [2.24, 2.45) is 5.73 Å². The van der Waals surface area contributed by atoms with Crippen molar-refractivity contribution < 1.29 is 30.0 Å². The van der Waals surface area contributed by atoms with Crippen LogP contribution in [0.2, 0.25) is 0 Å². The first kappa shape index (κ1) is 17.4. The van der Waals surface area contributed by atoms with Gasteiger partial charge in [0.25, 0.3) is 5.91 Å². The summed E-state index contributed by atoms with van der Waals surface area (Å²) < 4.78 is 6.70. The summed E-state index contributed by atoms with van der Waals surface area (Å²) >= 11 is 0. The molecule has 9 nitrogen and oxygen atoms in total. The third-order valence-corrected chi connectivity index (χ3v) is 3.49. The lowest BCUT2D eigenvalue weighted by Crippen LogP contribution is -2.33. The number of carbonyl (C=O) groups excluding carboxylic acids is 1. The molecule has 0 spiro atoms. The molecule has 0 unspecified atom stereocenters. The number of primary amides is 1. The van der Waals surface area contributed by atoms with Gasteiger partial charge in [0.2, 0.25) is 0 Å². The largest absolute Gasteiger partial charge is 0.396 e. The highest BCUT2D eigenvalue weighted by Gasteiger charge is 2.44. The van der Waals surface area contributed by atoms with Crippen LogP contribution < -0.4 is 5.73 Å². The SMILES string of the molecule is NC(=O)c1ncn([C@@H]2O[C@H](CO)[C@@H](O)[C@H]2O)c1C#CCCCO. The quantitative estimate of drug-likeness (QED) is 0.302. The number of hydrogen-bond donors (Lipinski definition) is 5. The van der Waals surface area contributed by atoms with Crippen molar-refractivity contribution in [2.75, 3.05) is 13.2 Å². The third kappa shape index (κ3) is 3.52. The van der Waals surface area contributed by atoms with E-state index in [0.717, 1.165) is 0 Å². The summed E-state index contributed by atoms with van der Waals surface area (Å²) in [4.78, 5) is 15.3. The summed E-state index contributed by atoms with van der Waals surface area (Å²) in [6, 6.07) is 0. The number of aromatic nitrogens is 2. The molecule has 0 saturated carbocycles. The number of unbranched alkanes of at least 4 members (excludes halogenated alkanes) is 1. The van der Waals surface area contributed by atoms with Crippen molar-refractivity contribution in [3.05, 3.63) is 17.7 Å². The molecule has 9 heteroatoms. The first-order valence-electron chi connectivity index (χ1n) is 7.10. The smallest absolute Gasteiger partial charge is 0.270 e. The topological polar surface area (TPSA) is 151 Å². The number of nitrogens with zero attached hydrogens (tertiary/aromatic N) is 2. The van der Waals surface area contributed by atoms with E-state index >= 15 is 0 Å². The maximum atomic E-state index is 11.5. The Morgan fingerprint density at radius 2 is 2.13 bits per heavy atom. The van der Waals surface area contributed by atoms with Crippen LogP contribution in [0.25, 0.3) is 0 Å². The van der Waals surface area contributed by atoms with Gasteiger partial charge in [0.05, 0.1) is 12.9 Å². The predicted octanol–water partition coefficient (Wildman–Crippen LogP) is -2.28. The fraction of sp³-hybridized carbons (Fsp3) is 0.571. The summed E-state index contributed by atoms with van der Waals surface area (Å²) in [5, 5.41) is 37.8. The van der Waals surface area contributed by atoms with E-state index in [-0.39, 0.29) is 18.0 Å². The Morgan fingerprint density at radius 3 is 2.70 bits per heavy atom. The maximum Gasteiger partial charge on any atom is 0.270 e. The highest BCUT2D eigenvalue weighted by molar-refractivity contribution is 5.93. The summed E-state index contributed by atoms with van der Waals surface area (Å²) in [7, 11) is 0. The number of aliphatic hydroxyl groups excluding tert-OH is 4. The molecule has 6 N–H and O–H groups in total. The molecule has 1 aliphatic heterocycles. The van der Waals surface area contributed by atoms with Crippen LogP contribution in [0.5, 0.6) is 0 Å². The summed E-state index contributed by atoms with van der Waals surface area (Å²) in [5.74, 6) is 4.71. The van der Waals surface area contributed by atoms with Crippen LogP contribution >= 0.6 is 0 Å². The number of carbonyl (C=O) groups is 1. The predicted molar refractivity (Wildman–Crippen MR) is 77.0 cm³/mol. The van der Waals surface area contributed by atoms with E-state index in [1.54, 1.807) is 0 Å². The lowest BCUT2D eigenvalue weighted by molar-refractivity contribution is -0.0531. The molecule has 0 radical (unpaired) electrons. The molecule has 1 aliphatic rings. The highest BCUT2D eigenvalue weighted by atomic mass is 16.6. The molecular weight excluding hydrogens is 306 g/mol. The standard InChI is InChI=1S/C14H19N3O6/c15-13(22)10-8(4-2-1-3-5-18)17(7-16-10)14-12(21)11(20)9(6-19)23-14/h7,9,11-12,14,18-21H,1,3,5-6H2,(H2,15,22)/t9-,11-,12-,14-/m1/s1. The number of ether oxygens (including phenoxy) is 1. The van der Waals surface area contributed by atoms with Crippen molar-refractivity contribution in [3.63, 3.8) is 0 Å². The molecule has 2 rings (SSSR count). The molecule has 126 valence electrons. The van der Waals surface area contributed by atoms with E-state index in [4.69, 9.17) is 20.7 Å². The average Bonchev–Trinajstić information content (AvgIpc) is 3.06. The zero-order chi connectivity index (χ0) is 17.0. The van der Waals surface area contributed by atoms with Gasteiger partial charge in [-0.15, -0.1) is 0 Å². The molecule has 0 bridgehead atoms. The fourth-order valence-corrected chi connectivity index (χ4v) is 2.28. The Kier molecular flexibility index (Phi) is 5.70. The van der Waals surface area contributed by atoms with E-state index in [2.05, 4.69) is 16.8 Å². The van der Waals surface area contributed by atoms with Crippen LogP contribution in [0.4, 0.5) is 0 Å². The average molecular weight is 325 g/mol. The Labute approximate surface area is 132 Å². The van der Waals surface area contributed by atoms with Gasteiger partial charge in [-0.05, 0) is 12.3 Å². The van der Waals surface area contributed by atoms with Crippen molar-refractivity contribution in [1.29, 1.82) is 0 Å². The van der Waals surface area contributed by atoms with Crippen LogP contribution in [0.1, 0.15) is 35.3 Å². The molecule has 1 amide bonds. The highest BCUT2D eigenvalue weighted by Crippen LogP contribution is 2.30. The number of amides is 1. The minimum atomic E-state index is -1.32. The van der Waals surface area contributed by atoms with Gasteiger partial charge in [0, 0.05) is 13.0 Å². The second-order valence-electron chi connectivity index (χ2n) is 5.07. The van der Waals surface area contributed by atoms with Crippen molar-refractivity contribution in [1.82, 2.24) is 9.55 Å². The first-order valence-corrected chi connectivity index (χ1v) is 7.10. The third-order valence-electron chi connectivity index (χ3n) is 3.49. The normalized spacial score (nSPS) is 26.8. The molecule has 2 heterocycles. The molecule has 1 fully saturated rings. The van der Waals surface area contributed by atoms with Crippen molar-refractivity contribution >= 4 is 5.91 Å². The van der Waals surface area contributed by atoms with E-state index in [1.807, 2.05) is 0 Å². The van der Waals surface area contributed by atoms with Crippen LogP contribution in [0.3, 0.4) is 0 Å². The van der Waals surface area contributed by atoms with Gasteiger partial charge >= 0.3 is 0 Å². The van der Waals surface area contributed by atoms with Gasteiger partial charge in [-0.2, -0.15) is 0 Å². The zero-order valence-electron chi connectivity index (χ0n) is 12.3. The number of hydrogen-bond acceptors (Lipinski definition) is 7. The molecule has 23 heavy (non-hydrogen) atoms.